The van der Waals surface area contributed by atoms with Crippen LogP contribution in [0, 0.1) is 0 Å². The van der Waals surface area contributed by atoms with Crippen LogP contribution in [0.5, 0.6) is 0 Å². The van der Waals surface area contributed by atoms with Gasteiger partial charge >= 0.3 is 0 Å². The van der Waals surface area contributed by atoms with Gasteiger partial charge in [0, 0.05) is 24.2 Å². The number of hydrogen-bond donors (Lipinski definition) is 3. The minimum atomic E-state index is -1.18. The van der Waals surface area contributed by atoms with Gasteiger partial charge in [0.05, 0.1) is 5.56 Å². The summed E-state index contributed by atoms with van der Waals surface area (Å²) >= 11 is 0. The maximum atomic E-state index is 12.7. The van der Waals surface area contributed by atoms with Crippen LogP contribution in [0.1, 0.15) is 41.9 Å². The lowest BCUT2D eigenvalue weighted by Gasteiger charge is -2.31. The van der Waals surface area contributed by atoms with Crippen LogP contribution in [0.2, 0.25) is 0 Å². The van der Waals surface area contributed by atoms with Gasteiger partial charge in [-0.3, -0.25) is 24.6 Å². The molecule has 2 aliphatic rings. The third kappa shape index (κ3) is 2.14. The number of nitrogens with zero attached hydrogens (tertiary/aromatic N) is 1. The normalized spacial score (nSPS) is 24.3. The third-order valence-electron chi connectivity index (χ3n) is 4.00. The summed E-state index contributed by atoms with van der Waals surface area (Å²) in [6.45, 7) is 2.55. The van der Waals surface area contributed by atoms with Crippen LogP contribution in [-0.4, -0.2) is 40.3 Å². The van der Waals surface area contributed by atoms with Gasteiger partial charge in [-0.15, -0.1) is 0 Å². The van der Waals surface area contributed by atoms with Gasteiger partial charge in [0.1, 0.15) is 6.04 Å². The molecule has 0 bridgehead atoms. The summed E-state index contributed by atoms with van der Waals surface area (Å²) in [5, 5.41) is 15.8. The number of aliphatic hydroxyl groups is 1. The second-order valence-corrected chi connectivity index (χ2v) is 5.35. The first-order chi connectivity index (χ1) is 10.5. The van der Waals surface area contributed by atoms with E-state index in [9.17, 15) is 19.5 Å². The van der Waals surface area contributed by atoms with Crippen molar-refractivity contribution in [1.82, 2.24) is 10.2 Å². The summed E-state index contributed by atoms with van der Waals surface area (Å²) in [7, 11) is 0. The molecular weight excluding hydrogens is 286 g/mol. The number of benzene rings is 1. The molecule has 7 nitrogen and oxygen atoms in total. The van der Waals surface area contributed by atoms with Crippen LogP contribution >= 0.6 is 0 Å². The number of carbonyl (C=O) groups is 3. The summed E-state index contributed by atoms with van der Waals surface area (Å²) < 4.78 is 0. The minimum Gasteiger partial charge on any atom is -0.385 e. The average molecular weight is 303 g/mol. The zero-order valence-corrected chi connectivity index (χ0v) is 12.1. The van der Waals surface area contributed by atoms with Crippen LogP contribution < -0.4 is 10.6 Å². The molecule has 1 aromatic rings. The van der Waals surface area contributed by atoms with Gasteiger partial charge in [-0.25, -0.2) is 0 Å². The summed E-state index contributed by atoms with van der Waals surface area (Å²) in [5.41, 5.74) is 1.51. The van der Waals surface area contributed by atoms with E-state index in [1.54, 1.807) is 18.2 Å². The first-order valence-electron chi connectivity index (χ1n) is 7.25. The van der Waals surface area contributed by atoms with E-state index in [-0.39, 0.29) is 18.7 Å². The fourth-order valence-corrected chi connectivity index (χ4v) is 3.01. The van der Waals surface area contributed by atoms with E-state index in [0.29, 0.717) is 23.4 Å². The van der Waals surface area contributed by atoms with Gasteiger partial charge in [-0.1, -0.05) is 12.1 Å². The lowest BCUT2D eigenvalue weighted by Crippen LogP contribution is -2.53. The molecule has 1 saturated heterocycles. The number of hydrogen-bond acceptors (Lipinski definition) is 5. The SMILES string of the molecule is CCNc1cccc2c1C(=O)N(C1CCC(=O)NC1=O)C2O. The molecule has 2 unspecified atom stereocenters. The quantitative estimate of drug-likeness (QED) is 0.701. The van der Waals surface area contributed by atoms with Crippen molar-refractivity contribution in [1.29, 1.82) is 0 Å². The first-order valence-corrected chi connectivity index (χ1v) is 7.25. The van der Waals surface area contributed by atoms with Crippen molar-refractivity contribution in [3.63, 3.8) is 0 Å². The highest BCUT2D eigenvalue weighted by Crippen LogP contribution is 2.38. The number of imide groups is 1. The van der Waals surface area contributed by atoms with E-state index in [2.05, 4.69) is 10.6 Å². The maximum absolute atomic E-state index is 12.7. The van der Waals surface area contributed by atoms with Gasteiger partial charge in [0.25, 0.3) is 5.91 Å². The number of aliphatic hydroxyl groups excluding tert-OH is 1. The summed E-state index contributed by atoms with van der Waals surface area (Å²) in [4.78, 5) is 37.1. The van der Waals surface area contributed by atoms with Crippen molar-refractivity contribution in [3.05, 3.63) is 29.3 Å². The smallest absolute Gasteiger partial charge is 0.259 e. The molecule has 0 spiro atoms. The fraction of sp³-hybridized carbons (Fsp3) is 0.400. The highest BCUT2D eigenvalue weighted by Gasteiger charge is 2.45. The van der Waals surface area contributed by atoms with Crippen LogP contribution in [0.4, 0.5) is 5.69 Å². The Balaban J connectivity index is 1.96. The van der Waals surface area contributed by atoms with E-state index in [4.69, 9.17) is 0 Å². The van der Waals surface area contributed by atoms with Gasteiger partial charge in [0.2, 0.25) is 11.8 Å². The second-order valence-electron chi connectivity index (χ2n) is 5.35. The number of anilines is 1. The molecule has 3 N–H and O–H groups in total. The van der Waals surface area contributed by atoms with Crippen molar-refractivity contribution in [2.24, 2.45) is 0 Å². The zero-order chi connectivity index (χ0) is 15.9. The molecular formula is C15H17N3O4. The fourth-order valence-electron chi connectivity index (χ4n) is 3.01. The van der Waals surface area contributed by atoms with E-state index in [0.717, 1.165) is 4.90 Å². The maximum Gasteiger partial charge on any atom is 0.259 e. The summed E-state index contributed by atoms with van der Waals surface area (Å²) in [6, 6.07) is 4.36. The Hall–Kier alpha value is -2.41. The van der Waals surface area contributed by atoms with Crippen molar-refractivity contribution < 1.29 is 19.5 Å². The number of fused-ring (bicyclic) bond motifs is 1. The van der Waals surface area contributed by atoms with Crippen LogP contribution in [-0.2, 0) is 9.59 Å². The predicted molar refractivity (Wildman–Crippen MR) is 77.9 cm³/mol. The van der Waals surface area contributed by atoms with Gasteiger partial charge in [-0.2, -0.15) is 0 Å². The van der Waals surface area contributed by atoms with E-state index in [1.165, 1.54) is 0 Å². The number of nitrogens with one attached hydrogen (secondary N) is 2. The molecule has 3 amide bonds. The van der Waals surface area contributed by atoms with Crippen LogP contribution in [0.25, 0.3) is 0 Å². The molecule has 2 atom stereocenters. The summed E-state index contributed by atoms with van der Waals surface area (Å²) in [5.74, 6) is -1.29. The molecule has 0 aliphatic carbocycles. The predicted octanol–water partition coefficient (Wildman–Crippen LogP) is 0.370. The number of amides is 3. The Kier molecular flexibility index (Phi) is 3.58. The van der Waals surface area contributed by atoms with Gasteiger partial charge in [-0.05, 0) is 19.4 Å². The lowest BCUT2D eigenvalue weighted by atomic mass is 10.0. The highest BCUT2D eigenvalue weighted by molar-refractivity contribution is 6.08. The van der Waals surface area contributed by atoms with Crippen molar-refractivity contribution in [2.75, 3.05) is 11.9 Å². The van der Waals surface area contributed by atoms with E-state index >= 15 is 0 Å². The molecule has 1 fully saturated rings. The average Bonchev–Trinajstić information content (AvgIpc) is 2.73. The molecule has 0 aromatic heterocycles. The van der Waals surface area contributed by atoms with Gasteiger partial charge in [0.15, 0.2) is 6.23 Å². The third-order valence-corrected chi connectivity index (χ3v) is 4.00. The Morgan fingerprint density at radius 3 is 2.82 bits per heavy atom. The summed E-state index contributed by atoms with van der Waals surface area (Å²) in [6.07, 6.45) is -0.800. The topological polar surface area (TPSA) is 98.7 Å². The molecule has 22 heavy (non-hydrogen) atoms. The van der Waals surface area contributed by atoms with Crippen LogP contribution in [0.3, 0.4) is 0 Å². The Morgan fingerprint density at radius 2 is 2.14 bits per heavy atom. The van der Waals surface area contributed by atoms with Crippen molar-refractivity contribution in [3.8, 4) is 0 Å². The lowest BCUT2D eigenvalue weighted by molar-refractivity contribution is -0.139. The van der Waals surface area contributed by atoms with Crippen molar-refractivity contribution >= 4 is 23.4 Å². The second kappa shape index (κ2) is 5.42. The highest BCUT2D eigenvalue weighted by atomic mass is 16.3. The van der Waals surface area contributed by atoms with E-state index in [1.807, 2.05) is 6.92 Å². The number of piperidine rings is 1. The monoisotopic (exact) mass is 303 g/mol. The Morgan fingerprint density at radius 1 is 1.36 bits per heavy atom. The standard InChI is InChI=1S/C15H17N3O4/c1-2-16-9-5-3-4-8-12(9)15(22)18(14(8)21)10-6-7-11(19)17-13(10)20/h3-5,10,14,16,21H,2,6-7H2,1H3,(H,17,19,20). The number of rotatable bonds is 3. The molecule has 2 heterocycles. The molecule has 7 heteroatoms. The van der Waals surface area contributed by atoms with Crippen molar-refractivity contribution in [2.45, 2.75) is 32.0 Å². The van der Waals surface area contributed by atoms with Crippen LogP contribution in [0.15, 0.2) is 18.2 Å². The number of carbonyl (C=O) groups excluding carboxylic acids is 3. The molecule has 1 aromatic carbocycles. The van der Waals surface area contributed by atoms with E-state index < -0.39 is 24.1 Å². The Bertz CT molecular complexity index is 658. The largest absolute Gasteiger partial charge is 0.385 e. The minimum absolute atomic E-state index is 0.156. The molecule has 3 rings (SSSR count). The molecule has 0 radical (unpaired) electrons. The first kappa shape index (κ1) is 14.5. The zero-order valence-electron chi connectivity index (χ0n) is 12.1. The van der Waals surface area contributed by atoms with Gasteiger partial charge < -0.3 is 10.4 Å². The molecule has 116 valence electrons. The Labute approximate surface area is 127 Å². The molecule has 0 saturated carbocycles. The molecule has 2 aliphatic heterocycles.